The molecule has 1 aromatic carbocycles. The Hall–Kier alpha value is -1.87. The highest BCUT2D eigenvalue weighted by Crippen LogP contribution is 2.53. The third-order valence-corrected chi connectivity index (χ3v) is 6.17. The summed E-state index contributed by atoms with van der Waals surface area (Å²) in [6.45, 7) is 3.15. The number of hydrogen-bond acceptors (Lipinski definition) is 2. The summed E-state index contributed by atoms with van der Waals surface area (Å²) in [5, 5.41) is 1.35. The Labute approximate surface area is 130 Å². The van der Waals surface area contributed by atoms with Gasteiger partial charge in [0, 0.05) is 35.1 Å². The molecule has 5 atom stereocenters. The number of aromatic nitrogens is 1. The first kappa shape index (κ1) is 12.7. The molecule has 0 saturated carbocycles. The van der Waals surface area contributed by atoms with Crippen LogP contribution < -0.4 is 0 Å². The average molecular weight is 292 g/mol. The molecule has 0 radical (unpaired) electrons. The lowest BCUT2D eigenvalue weighted by Gasteiger charge is -2.57. The van der Waals surface area contributed by atoms with E-state index in [9.17, 15) is 4.79 Å². The largest absolute Gasteiger partial charge is 0.357 e. The van der Waals surface area contributed by atoms with E-state index in [-0.39, 0.29) is 5.92 Å². The second-order valence-electron chi connectivity index (χ2n) is 6.94. The molecule has 5 heterocycles. The van der Waals surface area contributed by atoms with Gasteiger partial charge >= 0.3 is 0 Å². The third kappa shape index (κ3) is 1.42. The minimum Gasteiger partial charge on any atom is -0.357 e. The van der Waals surface area contributed by atoms with Crippen LogP contribution in [0.1, 0.15) is 30.6 Å². The fourth-order valence-corrected chi connectivity index (χ4v) is 5.17. The quantitative estimate of drug-likeness (QED) is 0.647. The van der Waals surface area contributed by atoms with Crippen molar-refractivity contribution in [3.63, 3.8) is 0 Å². The Bertz CT molecular complexity index is 803. The van der Waals surface area contributed by atoms with E-state index in [1.807, 2.05) is 0 Å². The Morgan fingerprint density at radius 1 is 1.32 bits per heavy atom. The van der Waals surface area contributed by atoms with Gasteiger partial charge in [0.15, 0.2) is 0 Å². The van der Waals surface area contributed by atoms with Crippen LogP contribution in [0.4, 0.5) is 0 Å². The molecule has 4 bridgehead atoms. The molecule has 112 valence electrons. The number of fused-ring (bicyclic) bond motifs is 4. The predicted molar refractivity (Wildman–Crippen MR) is 86.7 cm³/mol. The molecule has 22 heavy (non-hydrogen) atoms. The second-order valence-corrected chi connectivity index (χ2v) is 6.94. The van der Waals surface area contributed by atoms with Gasteiger partial charge in [0.1, 0.15) is 6.29 Å². The van der Waals surface area contributed by atoms with Gasteiger partial charge in [-0.05, 0) is 37.3 Å². The van der Waals surface area contributed by atoms with E-state index in [2.05, 4.69) is 47.1 Å². The average Bonchev–Trinajstić information content (AvgIpc) is 2.93. The number of aldehydes is 1. The molecule has 3 saturated heterocycles. The summed E-state index contributed by atoms with van der Waals surface area (Å²) >= 11 is 0. The Morgan fingerprint density at radius 2 is 2.18 bits per heavy atom. The number of benzene rings is 1. The van der Waals surface area contributed by atoms with Crippen LogP contribution in [0, 0.1) is 11.8 Å². The number of aromatic amines is 1. The lowest BCUT2D eigenvalue weighted by Crippen LogP contribution is -2.60. The highest BCUT2D eigenvalue weighted by molar-refractivity contribution is 5.85. The molecule has 4 aliphatic heterocycles. The zero-order chi connectivity index (χ0) is 14.8. The molecule has 0 amide bonds. The summed E-state index contributed by atoms with van der Waals surface area (Å²) in [7, 11) is 0. The predicted octanol–water partition coefficient (Wildman–Crippen LogP) is 3.23. The SMILES string of the molecule is CC=C1CN2C3Cc4c([nH]c5ccccc45)[C@@H]2C[C@@H]1[C@H]3C=O. The van der Waals surface area contributed by atoms with E-state index < -0.39 is 0 Å². The summed E-state index contributed by atoms with van der Waals surface area (Å²) in [5.74, 6) is 0.611. The van der Waals surface area contributed by atoms with Crippen molar-refractivity contribution in [2.45, 2.75) is 31.8 Å². The standard InChI is InChI=1S/C19H20N2O/c1-2-11-9-21-17-8-14-12-5-3-4-6-16(12)20-19(14)18(21)7-13(11)15(17)10-22/h2-6,10,13,15,17-18,20H,7-9H2,1H3/t13-,15+,17?,18-/m0/s1. The monoisotopic (exact) mass is 292 g/mol. The Balaban J connectivity index is 1.70. The molecule has 3 fully saturated rings. The molecule has 2 unspecified atom stereocenters. The van der Waals surface area contributed by atoms with Gasteiger partial charge < -0.3 is 9.78 Å². The van der Waals surface area contributed by atoms with Crippen molar-refractivity contribution in [3.8, 4) is 0 Å². The van der Waals surface area contributed by atoms with Crippen LogP contribution in [0.15, 0.2) is 35.9 Å². The number of hydrogen-bond donors (Lipinski definition) is 1. The van der Waals surface area contributed by atoms with Crippen LogP contribution in [-0.4, -0.2) is 28.8 Å². The number of carbonyl (C=O) groups excluding carboxylic acids is 1. The van der Waals surface area contributed by atoms with Gasteiger partial charge in [0.25, 0.3) is 0 Å². The molecule has 6 rings (SSSR count). The summed E-state index contributed by atoms with van der Waals surface area (Å²) in [4.78, 5) is 18.0. The number of para-hydroxylation sites is 1. The van der Waals surface area contributed by atoms with Crippen LogP contribution in [0.25, 0.3) is 10.9 Å². The van der Waals surface area contributed by atoms with Crippen molar-refractivity contribution in [3.05, 3.63) is 47.2 Å². The molecule has 1 N–H and O–H groups in total. The van der Waals surface area contributed by atoms with Crippen LogP contribution in [0.3, 0.4) is 0 Å². The van der Waals surface area contributed by atoms with Gasteiger partial charge in [0.2, 0.25) is 0 Å². The van der Waals surface area contributed by atoms with Gasteiger partial charge in [-0.3, -0.25) is 4.90 Å². The van der Waals surface area contributed by atoms with Crippen molar-refractivity contribution in [1.29, 1.82) is 0 Å². The number of nitrogens with one attached hydrogen (secondary N) is 1. The molecular weight excluding hydrogens is 272 g/mol. The van der Waals surface area contributed by atoms with Crippen LogP contribution in [-0.2, 0) is 11.2 Å². The molecule has 0 aliphatic carbocycles. The summed E-state index contributed by atoms with van der Waals surface area (Å²) in [6, 6.07) is 9.44. The van der Waals surface area contributed by atoms with Gasteiger partial charge in [-0.1, -0.05) is 29.8 Å². The maximum Gasteiger partial charge on any atom is 0.125 e. The van der Waals surface area contributed by atoms with E-state index in [0.29, 0.717) is 18.0 Å². The Kier molecular flexibility index (Phi) is 2.49. The van der Waals surface area contributed by atoms with E-state index in [4.69, 9.17) is 0 Å². The van der Waals surface area contributed by atoms with Crippen molar-refractivity contribution < 1.29 is 4.79 Å². The van der Waals surface area contributed by atoms with E-state index >= 15 is 0 Å². The highest BCUT2D eigenvalue weighted by Gasteiger charge is 2.52. The summed E-state index contributed by atoms with van der Waals surface area (Å²) < 4.78 is 0. The minimum atomic E-state index is 0.165. The van der Waals surface area contributed by atoms with E-state index in [0.717, 1.165) is 19.4 Å². The van der Waals surface area contributed by atoms with Crippen molar-refractivity contribution >= 4 is 17.2 Å². The van der Waals surface area contributed by atoms with Crippen LogP contribution in [0.2, 0.25) is 0 Å². The fourth-order valence-electron chi connectivity index (χ4n) is 5.17. The number of piperidine rings is 3. The first-order valence-corrected chi connectivity index (χ1v) is 8.27. The van der Waals surface area contributed by atoms with Gasteiger partial charge in [-0.25, -0.2) is 0 Å². The molecule has 2 aromatic rings. The number of H-pyrrole nitrogens is 1. The minimum absolute atomic E-state index is 0.165. The van der Waals surface area contributed by atoms with E-state index in [1.54, 1.807) is 0 Å². The lowest BCUT2D eigenvalue weighted by molar-refractivity contribution is -0.121. The van der Waals surface area contributed by atoms with Gasteiger partial charge in [0.05, 0.1) is 6.04 Å². The summed E-state index contributed by atoms with van der Waals surface area (Å²) in [5.41, 5.74) is 5.56. The maximum absolute atomic E-state index is 11.8. The van der Waals surface area contributed by atoms with Crippen LogP contribution in [0.5, 0.6) is 0 Å². The highest BCUT2D eigenvalue weighted by atomic mass is 16.1. The van der Waals surface area contributed by atoms with Gasteiger partial charge in [-0.15, -0.1) is 0 Å². The van der Waals surface area contributed by atoms with E-state index in [1.165, 1.54) is 34.0 Å². The molecule has 1 aromatic heterocycles. The maximum atomic E-state index is 11.8. The number of rotatable bonds is 1. The zero-order valence-electron chi connectivity index (χ0n) is 12.8. The smallest absolute Gasteiger partial charge is 0.125 e. The van der Waals surface area contributed by atoms with Crippen LogP contribution >= 0.6 is 0 Å². The number of allylic oxidation sites excluding steroid dienone is 1. The third-order valence-electron chi connectivity index (χ3n) is 6.17. The number of nitrogens with zero attached hydrogens (tertiary/aromatic N) is 1. The van der Waals surface area contributed by atoms with Crippen molar-refractivity contribution in [1.82, 2.24) is 9.88 Å². The summed E-state index contributed by atoms with van der Waals surface area (Å²) in [6.07, 6.45) is 5.54. The molecule has 4 aliphatic rings. The molecular formula is C19H20N2O. The van der Waals surface area contributed by atoms with Crippen molar-refractivity contribution in [2.75, 3.05) is 6.54 Å². The first-order valence-electron chi connectivity index (χ1n) is 8.27. The Morgan fingerprint density at radius 3 is 3.00 bits per heavy atom. The lowest BCUT2D eigenvalue weighted by atomic mass is 9.64. The zero-order valence-corrected chi connectivity index (χ0v) is 12.8. The van der Waals surface area contributed by atoms with Crippen molar-refractivity contribution in [2.24, 2.45) is 11.8 Å². The second kappa shape index (κ2) is 4.32. The fraction of sp³-hybridized carbons (Fsp3) is 0.421. The number of carbonyl (C=O) groups is 1. The topological polar surface area (TPSA) is 36.1 Å². The van der Waals surface area contributed by atoms with Gasteiger partial charge in [-0.2, -0.15) is 0 Å². The normalized spacial score (nSPS) is 37.5. The molecule has 0 spiro atoms. The molecule has 3 heteroatoms. The molecule has 3 nitrogen and oxygen atoms in total. The first-order chi connectivity index (χ1) is 10.8.